The molecule has 0 aromatic carbocycles. The van der Waals surface area contributed by atoms with Gasteiger partial charge in [0.1, 0.15) is 0 Å². The predicted molar refractivity (Wildman–Crippen MR) is 47.0 cm³/mol. The van der Waals surface area contributed by atoms with E-state index in [4.69, 9.17) is 0 Å². The van der Waals surface area contributed by atoms with Gasteiger partial charge in [0.2, 0.25) is 0 Å². The Kier molecular flexibility index (Phi) is 6.28. The van der Waals surface area contributed by atoms with E-state index in [0.717, 1.165) is 5.25 Å². The Hall–Kier alpha value is 0.0900. The van der Waals surface area contributed by atoms with Gasteiger partial charge in [0.05, 0.1) is 0 Å². The van der Waals surface area contributed by atoms with Crippen LogP contribution in [0.15, 0.2) is 12.2 Å². The molecule has 0 bridgehead atoms. The largest absolute Gasteiger partial charge is 0.158 e. The Morgan fingerprint density at radius 1 is 1.56 bits per heavy atom. The molecule has 0 N–H and O–H groups in total. The third kappa shape index (κ3) is 4.58. The molecule has 0 fully saturated rings. The molecule has 0 spiro atoms. The average molecular weight is 144 g/mol. The van der Waals surface area contributed by atoms with Crippen LogP contribution in [0.4, 0.5) is 0 Å². The molecule has 0 aromatic heterocycles. The molecule has 0 heterocycles. The maximum absolute atomic E-state index is 2.27. The predicted octanol–water partition coefficient (Wildman–Crippen LogP) is 3.09. The lowest BCUT2D eigenvalue weighted by Gasteiger charge is -2.05. The number of thioether (sulfide) groups is 1. The monoisotopic (exact) mass is 144 g/mol. The van der Waals surface area contributed by atoms with Crippen LogP contribution in [0.2, 0.25) is 0 Å². The number of hydrogen-bond donors (Lipinski definition) is 0. The molecule has 9 heavy (non-hydrogen) atoms. The van der Waals surface area contributed by atoms with Crippen molar-refractivity contribution in [1.82, 2.24) is 0 Å². The molecule has 1 heteroatoms. The molecule has 0 saturated carbocycles. The van der Waals surface area contributed by atoms with Crippen molar-refractivity contribution in [2.45, 2.75) is 31.9 Å². The summed E-state index contributed by atoms with van der Waals surface area (Å²) < 4.78 is 0. The number of allylic oxidation sites excluding steroid dienone is 1. The zero-order valence-electron chi connectivity index (χ0n) is 6.55. The van der Waals surface area contributed by atoms with Gasteiger partial charge in [-0.25, -0.2) is 0 Å². The first-order chi connectivity index (χ1) is 4.35. The van der Waals surface area contributed by atoms with E-state index < -0.39 is 0 Å². The molecular weight excluding hydrogens is 128 g/mol. The summed E-state index contributed by atoms with van der Waals surface area (Å²) in [5, 5.41) is 0.750. The highest BCUT2D eigenvalue weighted by atomic mass is 32.2. The van der Waals surface area contributed by atoms with Gasteiger partial charge in [-0.15, -0.1) is 0 Å². The fourth-order valence-electron chi connectivity index (χ4n) is 0.792. The highest BCUT2D eigenvalue weighted by Gasteiger charge is 1.97. The van der Waals surface area contributed by atoms with E-state index in [1.54, 1.807) is 0 Å². The Morgan fingerprint density at radius 2 is 2.22 bits per heavy atom. The summed E-state index contributed by atoms with van der Waals surface area (Å²) in [7, 11) is 0. The van der Waals surface area contributed by atoms with Crippen LogP contribution >= 0.6 is 11.8 Å². The van der Waals surface area contributed by atoms with Crippen LogP contribution in [0.5, 0.6) is 0 Å². The highest BCUT2D eigenvalue weighted by Crippen LogP contribution is 2.13. The fraction of sp³-hybridized carbons (Fsp3) is 0.750. The molecule has 0 aromatic rings. The van der Waals surface area contributed by atoms with E-state index in [0.29, 0.717) is 0 Å². The molecule has 0 aliphatic rings. The number of hydrogen-bond acceptors (Lipinski definition) is 1. The van der Waals surface area contributed by atoms with Gasteiger partial charge in [-0.3, -0.25) is 0 Å². The van der Waals surface area contributed by atoms with Gasteiger partial charge in [-0.05, 0) is 19.6 Å². The molecule has 0 saturated heterocycles. The van der Waals surface area contributed by atoms with Crippen molar-refractivity contribution in [2.24, 2.45) is 0 Å². The maximum atomic E-state index is 2.27. The van der Waals surface area contributed by atoms with Crippen LogP contribution in [0, 0.1) is 0 Å². The summed E-state index contributed by atoms with van der Waals surface area (Å²) in [6.07, 6.45) is 9.17. The van der Waals surface area contributed by atoms with E-state index in [9.17, 15) is 0 Å². The summed E-state index contributed by atoms with van der Waals surface area (Å²) in [6, 6.07) is 0. The number of rotatable bonds is 4. The molecule has 54 valence electrons. The van der Waals surface area contributed by atoms with Crippen molar-refractivity contribution in [2.75, 3.05) is 6.26 Å². The van der Waals surface area contributed by atoms with Gasteiger partial charge in [0, 0.05) is 5.25 Å². The van der Waals surface area contributed by atoms with Gasteiger partial charge in [-0.2, -0.15) is 11.8 Å². The molecule has 0 aliphatic heterocycles. The second-order valence-corrected chi connectivity index (χ2v) is 3.17. The quantitative estimate of drug-likeness (QED) is 0.546. The van der Waals surface area contributed by atoms with E-state index in [2.05, 4.69) is 32.3 Å². The summed E-state index contributed by atoms with van der Waals surface area (Å²) in [5.74, 6) is 0. The highest BCUT2D eigenvalue weighted by molar-refractivity contribution is 7.99. The first-order valence-corrected chi connectivity index (χ1v) is 4.79. The summed E-state index contributed by atoms with van der Waals surface area (Å²) in [5.41, 5.74) is 0. The fourth-order valence-corrected chi connectivity index (χ4v) is 1.58. The van der Waals surface area contributed by atoms with Crippen molar-refractivity contribution in [3.8, 4) is 0 Å². The van der Waals surface area contributed by atoms with Crippen LogP contribution < -0.4 is 0 Å². The summed E-state index contributed by atoms with van der Waals surface area (Å²) in [6.45, 7) is 4.31. The normalized spacial score (nSPS) is 14.6. The molecule has 1 unspecified atom stereocenters. The van der Waals surface area contributed by atoms with Crippen LogP contribution in [-0.4, -0.2) is 11.5 Å². The van der Waals surface area contributed by atoms with Gasteiger partial charge in [-0.1, -0.05) is 25.5 Å². The lowest BCUT2D eigenvalue weighted by Crippen LogP contribution is -1.94. The van der Waals surface area contributed by atoms with Crippen LogP contribution in [-0.2, 0) is 0 Å². The SMILES string of the molecule is C/C=C\C(CCC)SC. The Labute approximate surface area is 62.7 Å². The van der Waals surface area contributed by atoms with Crippen molar-refractivity contribution in [3.63, 3.8) is 0 Å². The second-order valence-electron chi connectivity index (χ2n) is 2.09. The van der Waals surface area contributed by atoms with E-state index >= 15 is 0 Å². The van der Waals surface area contributed by atoms with Crippen molar-refractivity contribution >= 4 is 11.8 Å². The zero-order chi connectivity index (χ0) is 7.11. The zero-order valence-corrected chi connectivity index (χ0v) is 7.37. The smallest absolute Gasteiger partial charge is 0.0224 e. The Morgan fingerprint density at radius 3 is 2.56 bits per heavy atom. The third-order valence-corrected chi connectivity index (χ3v) is 2.28. The van der Waals surface area contributed by atoms with E-state index in [-0.39, 0.29) is 0 Å². The van der Waals surface area contributed by atoms with Gasteiger partial charge in [0.25, 0.3) is 0 Å². The summed E-state index contributed by atoms with van der Waals surface area (Å²) >= 11 is 1.93. The molecule has 0 nitrogen and oxygen atoms in total. The third-order valence-electron chi connectivity index (χ3n) is 1.28. The lowest BCUT2D eigenvalue weighted by molar-refractivity contribution is 0.828. The second kappa shape index (κ2) is 6.21. The van der Waals surface area contributed by atoms with Crippen molar-refractivity contribution in [1.29, 1.82) is 0 Å². The lowest BCUT2D eigenvalue weighted by atomic mass is 10.2. The minimum atomic E-state index is 0.750. The first-order valence-electron chi connectivity index (χ1n) is 3.50. The minimum absolute atomic E-state index is 0.750. The van der Waals surface area contributed by atoms with Gasteiger partial charge >= 0.3 is 0 Å². The van der Waals surface area contributed by atoms with Crippen LogP contribution in [0.25, 0.3) is 0 Å². The molecule has 0 aliphatic carbocycles. The van der Waals surface area contributed by atoms with E-state index in [1.165, 1.54) is 12.8 Å². The summed E-state index contributed by atoms with van der Waals surface area (Å²) in [4.78, 5) is 0. The maximum Gasteiger partial charge on any atom is 0.0224 e. The molecule has 0 radical (unpaired) electrons. The van der Waals surface area contributed by atoms with Crippen LogP contribution in [0.1, 0.15) is 26.7 Å². The standard InChI is InChI=1S/C8H16S/c1-4-6-8(9-3)7-5-2/h4,6,8H,5,7H2,1-3H3/b6-4-. The van der Waals surface area contributed by atoms with Crippen molar-refractivity contribution in [3.05, 3.63) is 12.2 Å². The topological polar surface area (TPSA) is 0 Å². The minimum Gasteiger partial charge on any atom is -0.158 e. The van der Waals surface area contributed by atoms with Crippen molar-refractivity contribution < 1.29 is 0 Å². The Bertz CT molecular complexity index is 76.6. The molecule has 0 rings (SSSR count). The van der Waals surface area contributed by atoms with Gasteiger partial charge < -0.3 is 0 Å². The Balaban J connectivity index is 3.41. The first kappa shape index (κ1) is 9.09. The van der Waals surface area contributed by atoms with Gasteiger partial charge in [0.15, 0.2) is 0 Å². The molecular formula is C8H16S. The van der Waals surface area contributed by atoms with Crippen LogP contribution in [0.3, 0.4) is 0 Å². The molecule has 1 atom stereocenters. The average Bonchev–Trinajstić information content (AvgIpc) is 1.88. The van der Waals surface area contributed by atoms with E-state index in [1.807, 2.05) is 11.8 Å². The molecule has 0 amide bonds.